The summed E-state index contributed by atoms with van der Waals surface area (Å²) in [7, 11) is 1.74. The van der Waals surface area contributed by atoms with Crippen LogP contribution >= 0.6 is 15.9 Å². The highest BCUT2D eigenvalue weighted by atomic mass is 79.9. The molecule has 0 aliphatic carbocycles. The fourth-order valence-corrected chi connectivity index (χ4v) is 2.84. The van der Waals surface area contributed by atoms with Crippen molar-refractivity contribution in [3.63, 3.8) is 0 Å². The largest absolute Gasteiger partial charge is 0.381 e. The monoisotopic (exact) mass is 314 g/mol. The van der Waals surface area contributed by atoms with Gasteiger partial charge in [-0.05, 0) is 41.8 Å². The summed E-state index contributed by atoms with van der Waals surface area (Å²) in [5.74, 6) is 0.122. The van der Waals surface area contributed by atoms with Gasteiger partial charge in [0.05, 0.1) is 6.10 Å². The smallest absolute Gasteiger partial charge is 0.270 e. The van der Waals surface area contributed by atoms with E-state index in [1.807, 2.05) is 28.7 Å². The second-order valence-corrected chi connectivity index (χ2v) is 5.47. The maximum absolute atomic E-state index is 12.4. The van der Waals surface area contributed by atoms with Crippen LogP contribution in [0.1, 0.15) is 30.3 Å². The molecule has 18 heavy (non-hydrogen) atoms. The molecule has 1 saturated heterocycles. The lowest BCUT2D eigenvalue weighted by Crippen LogP contribution is -2.41. The summed E-state index contributed by atoms with van der Waals surface area (Å²) in [5, 5.41) is 0. The Labute approximate surface area is 116 Å². The zero-order valence-corrected chi connectivity index (χ0v) is 12.4. The molecule has 2 rings (SSSR count). The Kier molecular flexibility index (Phi) is 4.45. The molecule has 0 unspecified atom stereocenters. The minimum atomic E-state index is 0.122. The molecule has 0 N–H and O–H groups in total. The number of aromatic nitrogens is 1. The fraction of sp³-hybridized carbons (Fsp3) is 0.615. The first-order valence-corrected chi connectivity index (χ1v) is 7.12. The minimum absolute atomic E-state index is 0.122. The van der Waals surface area contributed by atoms with Gasteiger partial charge in [-0.2, -0.15) is 0 Å². The summed E-state index contributed by atoms with van der Waals surface area (Å²) in [5.41, 5.74) is 0.764. The highest BCUT2D eigenvalue weighted by molar-refractivity contribution is 9.10. The van der Waals surface area contributed by atoms with E-state index in [0.717, 1.165) is 42.6 Å². The predicted molar refractivity (Wildman–Crippen MR) is 73.7 cm³/mol. The van der Waals surface area contributed by atoms with Crippen LogP contribution in [-0.4, -0.2) is 41.7 Å². The number of nitrogens with zero attached hydrogens (tertiary/aromatic N) is 2. The van der Waals surface area contributed by atoms with E-state index >= 15 is 0 Å². The van der Waals surface area contributed by atoms with Gasteiger partial charge in [0.25, 0.3) is 5.91 Å². The van der Waals surface area contributed by atoms with Crippen molar-refractivity contribution in [2.45, 2.75) is 32.4 Å². The normalized spacial score (nSPS) is 17.2. The third-order valence-electron chi connectivity index (χ3n) is 3.49. The average Bonchev–Trinajstić information content (AvgIpc) is 2.79. The van der Waals surface area contributed by atoms with Gasteiger partial charge in [-0.15, -0.1) is 0 Å². The molecule has 5 heteroatoms. The van der Waals surface area contributed by atoms with Gasteiger partial charge in [0.1, 0.15) is 5.69 Å². The molecule has 100 valence electrons. The zero-order chi connectivity index (χ0) is 13.1. The highest BCUT2D eigenvalue weighted by Crippen LogP contribution is 2.19. The molecule has 0 radical (unpaired) electrons. The van der Waals surface area contributed by atoms with Crippen molar-refractivity contribution in [1.82, 2.24) is 9.47 Å². The number of methoxy groups -OCH3 is 1. The van der Waals surface area contributed by atoms with E-state index in [1.165, 1.54) is 0 Å². The van der Waals surface area contributed by atoms with Crippen molar-refractivity contribution in [2.24, 2.45) is 0 Å². The first kappa shape index (κ1) is 13.6. The Morgan fingerprint density at radius 2 is 2.17 bits per heavy atom. The number of hydrogen-bond donors (Lipinski definition) is 0. The molecular formula is C13H19BrN2O2. The molecule has 1 amide bonds. The van der Waals surface area contributed by atoms with Gasteiger partial charge in [-0.3, -0.25) is 4.79 Å². The lowest BCUT2D eigenvalue weighted by molar-refractivity contribution is 0.0345. The Morgan fingerprint density at radius 1 is 1.50 bits per heavy atom. The molecule has 1 aromatic rings. The molecule has 0 atom stereocenters. The van der Waals surface area contributed by atoms with Crippen LogP contribution in [0.4, 0.5) is 0 Å². The van der Waals surface area contributed by atoms with Crippen molar-refractivity contribution in [1.29, 1.82) is 0 Å². The van der Waals surface area contributed by atoms with Crippen molar-refractivity contribution in [2.75, 3.05) is 20.2 Å². The number of halogens is 1. The topological polar surface area (TPSA) is 34.5 Å². The number of ether oxygens (including phenoxy) is 1. The van der Waals surface area contributed by atoms with Gasteiger partial charge in [0, 0.05) is 37.4 Å². The van der Waals surface area contributed by atoms with E-state index in [-0.39, 0.29) is 5.91 Å². The summed E-state index contributed by atoms with van der Waals surface area (Å²) >= 11 is 3.43. The third-order valence-corrected chi connectivity index (χ3v) is 3.92. The van der Waals surface area contributed by atoms with E-state index in [0.29, 0.717) is 6.10 Å². The number of hydrogen-bond acceptors (Lipinski definition) is 2. The van der Waals surface area contributed by atoms with E-state index in [1.54, 1.807) is 7.11 Å². The molecule has 1 fully saturated rings. The molecule has 1 aliphatic heterocycles. The van der Waals surface area contributed by atoms with Crippen LogP contribution in [0.15, 0.2) is 16.7 Å². The van der Waals surface area contributed by atoms with E-state index < -0.39 is 0 Å². The second-order valence-electron chi connectivity index (χ2n) is 4.56. The molecule has 0 bridgehead atoms. The van der Waals surface area contributed by atoms with Crippen LogP contribution in [0.5, 0.6) is 0 Å². The average molecular weight is 315 g/mol. The number of amides is 1. The lowest BCUT2D eigenvalue weighted by Gasteiger charge is -2.31. The number of aryl methyl sites for hydroxylation is 1. The minimum Gasteiger partial charge on any atom is -0.381 e. The molecule has 0 saturated carbocycles. The third kappa shape index (κ3) is 2.78. The van der Waals surface area contributed by atoms with Gasteiger partial charge in [0.15, 0.2) is 0 Å². The Balaban J connectivity index is 2.07. The van der Waals surface area contributed by atoms with Crippen LogP contribution in [0, 0.1) is 0 Å². The molecule has 0 spiro atoms. The van der Waals surface area contributed by atoms with Crippen molar-refractivity contribution in [3.8, 4) is 0 Å². The van der Waals surface area contributed by atoms with Gasteiger partial charge >= 0.3 is 0 Å². The fourth-order valence-electron chi connectivity index (χ4n) is 2.37. The SMILES string of the molecule is CCn1cc(Br)cc1C(=O)N1CCC(OC)CC1. The summed E-state index contributed by atoms with van der Waals surface area (Å²) in [6.45, 7) is 4.41. The van der Waals surface area contributed by atoms with Crippen molar-refractivity contribution in [3.05, 3.63) is 22.4 Å². The van der Waals surface area contributed by atoms with Crippen molar-refractivity contribution < 1.29 is 9.53 Å². The summed E-state index contributed by atoms with van der Waals surface area (Å²) < 4.78 is 8.26. The van der Waals surface area contributed by atoms with Gasteiger partial charge in [-0.1, -0.05) is 0 Å². The standard InChI is InChI=1S/C13H19BrN2O2/c1-3-15-9-10(14)8-12(15)13(17)16-6-4-11(18-2)5-7-16/h8-9,11H,3-7H2,1-2H3. The molecule has 4 nitrogen and oxygen atoms in total. The molecule has 2 heterocycles. The van der Waals surface area contributed by atoms with Gasteiger partial charge < -0.3 is 14.2 Å². The van der Waals surface area contributed by atoms with Crippen LogP contribution in [0.25, 0.3) is 0 Å². The molecule has 1 aliphatic rings. The summed E-state index contributed by atoms with van der Waals surface area (Å²) in [6.07, 6.45) is 4.11. The molecule has 0 aromatic carbocycles. The van der Waals surface area contributed by atoms with Crippen LogP contribution in [0.2, 0.25) is 0 Å². The Morgan fingerprint density at radius 3 is 2.72 bits per heavy atom. The Hall–Kier alpha value is -0.810. The Bertz CT molecular complexity index is 423. The summed E-state index contributed by atoms with van der Waals surface area (Å²) in [4.78, 5) is 14.4. The quantitative estimate of drug-likeness (QED) is 0.859. The zero-order valence-electron chi connectivity index (χ0n) is 10.9. The molecule has 1 aromatic heterocycles. The van der Waals surface area contributed by atoms with E-state index in [9.17, 15) is 4.79 Å². The second kappa shape index (κ2) is 5.89. The number of carbonyl (C=O) groups excluding carboxylic acids is 1. The number of rotatable bonds is 3. The maximum Gasteiger partial charge on any atom is 0.270 e. The van der Waals surface area contributed by atoms with Gasteiger partial charge in [-0.25, -0.2) is 0 Å². The first-order valence-electron chi connectivity index (χ1n) is 6.33. The van der Waals surface area contributed by atoms with Crippen molar-refractivity contribution >= 4 is 21.8 Å². The first-order chi connectivity index (χ1) is 8.65. The number of carbonyl (C=O) groups is 1. The van der Waals surface area contributed by atoms with E-state index in [2.05, 4.69) is 15.9 Å². The molecular weight excluding hydrogens is 296 g/mol. The summed E-state index contributed by atoms with van der Waals surface area (Å²) in [6, 6.07) is 1.90. The van der Waals surface area contributed by atoms with Gasteiger partial charge in [0.2, 0.25) is 0 Å². The number of piperidine rings is 1. The number of likely N-dealkylation sites (tertiary alicyclic amines) is 1. The van der Waals surface area contributed by atoms with Crippen LogP contribution < -0.4 is 0 Å². The van der Waals surface area contributed by atoms with E-state index in [4.69, 9.17) is 4.74 Å². The lowest BCUT2D eigenvalue weighted by atomic mass is 10.1. The maximum atomic E-state index is 12.4. The van der Waals surface area contributed by atoms with Crippen LogP contribution in [0.3, 0.4) is 0 Å². The predicted octanol–water partition coefficient (Wildman–Crippen LogP) is 2.52. The highest BCUT2D eigenvalue weighted by Gasteiger charge is 2.25. The van der Waals surface area contributed by atoms with Crippen LogP contribution in [-0.2, 0) is 11.3 Å².